The molecule has 3 aromatic heterocycles. The van der Waals surface area contributed by atoms with E-state index in [1.165, 1.54) is 33.0 Å². The molecule has 0 saturated heterocycles. The van der Waals surface area contributed by atoms with E-state index in [1.54, 1.807) is 0 Å². The van der Waals surface area contributed by atoms with Crippen molar-refractivity contribution in [3.8, 4) is 62.1 Å². The molecule has 1 aliphatic rings. The summed E-state index contributed by atoms with van der Waals surface area (Å²) in [6.45, 7) is 4.69. The smallest absolute Gasteiger partial charge is 0.167 e. The van der Waals surface area contributed by atoms with Crippen molar-refractivity contribution < 1.29 is 4.42 Å². The Bertz CT molecular complexity index is 3450. The summed E-state index contributed by atoms with van der Waals surface area (Å²) in [5.74, 6) is 1.75. The number of furan rings is 1. The van der Waals surface area contributed by atoms with Crippen LogP contribution in [0.5, 0.6) is 0 Å². The van der Waals surface area contributed by atoms with E-state index >= 15 is 0 Å². The third kappa shape index (κ3) is 5.08. The van der Waals surface area contributed by atoms with Crippen LogP contribution < -0.4 is 0 Å². The molecule has 5 nitrogen and oxygen atoms in total. The van der Waals surface area contributed by atoms with Crippen LogP contribution in [0.15, 0.2) is 186 Å². The largest absolute Gasteiger partial charge is 0.455 e. The number of hydrogen-bond donors (Lipinski definition) is 0. The molecule has 0 radical (unpaired) electrons. The molecule has 0 atom stereocenters. The monoisotopic (exact) mass is 756 g/mol. The molecule has 5 heteroatoms. The Morgan fingerprint density at radius 2 is 1.02 bits per heavy atom. The lowest BCUT2D eigenvalue weighted by atomic mass is 9.82. The number of fused-ring (bicyclic) bond motifs is 9. The molecule has 59 heavy (non-hydrogen) atoms. The molecule has 0 bridgehead atoms. The predicted octanol–water partition coefficient (Wildman–Crippen LogP) is 13.8. The van der Waals surface area contributed by atoms with E-state index in [4.69, 9.17) is 19.4 Å². The van der Waals surface area contributed by atoms with E-state index in [-0.39, 0.29) is 5.41 Å². The first-order chi connectivity index (χ1) is 29.0. The standard InChI is InChI=1S/C54H36N4O/c1-54(2)43-22-12-9-19-37(43)41-32-47-42(31-44(41)54)38-20-10-13-23-45(38)58(47)46-30-29-40(50-49(46)39-21-11-14-24-48(39)59-50)53-56-51(35-17-7-4-8-18-35)55-52(57-53)36-27-25-34(26-28-36)33-15-5-3-6-16-33/h3-32H,1-2H3. The minimum atomic E-state index is -0.106. The Hall–Kier alpha value is -7.63. The maximum Gasteiger partial charge on any atom is 0.167 e. The molecule has 8 aromatic carbocycles. The van der Waals surface area contributed by atoms with Crippen LogP contribution in [0.25, 0.3) is 106 Å². The van der Waals surface area contributed by atoms with E-state index in [0.29, 0.717) is 17.5 Å². The third-order valence-electron chi connectivity index (χ3n) is 12.3. The molecule has 0 N–H and O–H groups in total. The van der Waals surface area contributed by atoms with Crippen LogP contribution in [-0.4, -0.2) is 19.5 Å². The van der Waals surface area contributed by atoms with E-state index in [0.717, 1.165) is 66.5 Å². The highest BCUT2D eigenvalue weighted by Gasteiger charge is 2.36. The van der Waals surface area contributed by atoms with Gasteiger partial charge in [0.25, 0.3) is 0 Å². The zero-order valence-corrected chi connectivity index (χ0v) is 32.5. The third-order valence-corrected chi connectivity index (χ3v) is 12.3. The van der Waals surface area contributed by atoms with Gasteiger partial charge in [-0.3, -0.25) is 0 Å². The fourth-order valence-corrected chi connectivity index (χ4v) is 9.38. The Morgan fingerprint density at radius 3 is 1.80 bits per heavy atom. The Kier molecular flexibility index (Phi) is 7.20. The van der Waals surface area contributed by atoms with Crippen molar-refractivity contribution in [2.24, 2.45) is 0 Å². The number of hydrogen-bond acceptors (Lipinski definition) is 4. The SMILES string of the molecule is CC1(C)c2ccccc2-c2cc3c(cc21)c1ccccc1n3-c1ccc(-c2nc(-c3ccccc3)nc(-c3ccc(-c4ccccc4)cc3)n2)c2oc3ccccc3c12. The summed E-state index contributed by atoms with van der Waals surface area (Å²) >= 11 is 0. The first kappa shape index (κ1) is 33.5. The van der Waals surface area contributed by atoms with Gasteiger partial charge in [-0.05, 0) is 69.8 Å². The Balaban J connectivity index is 1.11. The van der Waals surface area contributed by atoms with Crippen molar-refractivity contribution in [1.82, 2.24) is 19.5 Å². The normalized spacial score (nSPS) is 13.1. The van der Waals surface area contributed by atoms with Crippen LogP contribution in [0.2, 0.25) is 0 Å². The van der Waals surface area contributed by atoms with Gasteiger partial charge in [0.2, 0.25) is 0 Å². The molecule has 1 aliphatic carbocycles. The van der Waals surface area contributed by atoms with Crippen LogP contribution in [0.4, 0.5) is 0 Å². The molecule has 0 amide bonds. The number of aromatic nitrogens is 4. The molecule has 0 spiro atoms. The maximum absolute atomic E-state index is 6.89. The van der Waals surface area contributed by atoms with Crippen LogP contribution in [0, 0.1) is 0 Å². The van der Waals surface area contributed by atoms with Gasteiger partial charge in [-0.25, -0.2) is 15.0 Å². The molecular weight excluding hydrogens is 721 g/mol. The number of benzene rings is 8. The van der Waals surface area contributed by atoms with Crippen molar-refractivity contribution >= 4 is 43.7 Å². The van der Waals surface area contributed by atoms with Crippen molar-refractivity contribution in [2.45, 2.75) is 19.3 Å². The highest BCUT2D eigenvalue weighted by molar-refractivity contribution is 6.17. The maximum atomic E-state index is 6.89. The molecule has 0 saturated carbocycles. The van der Waals surface area contributed by atoms with Gasteiger partial charge in [0.15, 0.2) is 17.5 Å². The Labute approximate surface area is 340 Å². The van der Waals surface area contributed by atoms with Gasteiger partial charge < -0.3 is 8.98 Å². The number of para-hydroxylation sites is 2. The van der Waals surface area contributed by atoms with Gasteiger partial charge in [-0.1, -0.05) is 159 Å². The van der Waals surface area contributed by atoms with Crippen LogP contribution in [-0.2, 0) is 5.41 Å². The van der Waals surface area contributed by atoms with Gasteiger partial charge in [0.05, 0.1) is 27.7 Å². The second-order valence-electron chi connectivity index (χ2n) is 16.0. The van der Waals surface area contributed by atoms with Gasteiger partial charge in [-0.15, -0.1) is 0 Å². The van der Waals surface area contributed by atoms with Crippen LogP contribution >= 0.6 is 0 Å². The van der Waals surface area contributed by atoms with Gasteiger partial charge in [0, 0.05) is 32.7 Å². The van der Waals surface area contributed by atoms with Crippen LogP contribution in [0.3, 0.4) is 0 Å². The first-order valence-corrected chi connectivity index (χ1v) is 20.1. The highest BCUT2D eigenvalue weighted by atomic mass is 16.3. The molecule has 0 unspecified atom stereocenters. The zero-order valence-electron chi connectivity index (χ0n) is 32.5. The molecule has 11 aromatic rings. The topological polar surface area (TPSA) is 56.7 Å². The quantitative estimate of drug-likeness (QED) is 0.175. The highest BCUT2D eigenvalue weighted by Crippen LogP contribution is 2.51. The van der Waals surface area contributed by atoms with Crippen molar-refractivity contribution in [2.75, 3.05) is 0 Å². The number of nitrogens with zero attached hydrogens (tertiary/aromatic N) is 4. The fourth-order valence-electron chi connectivity index (χ4n) is 9.38. The minimum absolute atomic E-state index is 0.106. The fraction of sp³-hybridized carbons (Fsp3) is 0.0556. The second kappa shape index (κ2) is 12.7. The average molecular weight is 757 g/mol. The summed E-state index contributed by atoms with van der Waals surface area (Å²) in [6.07, 6.45) is 0. The molecule has 0 aliphatic heterocycles. The molecule has 278 valence electrons. The molecular formula is C54H36N4O. The van der Waals surface area contributed by atoms with Gasteiger partial charge >= 0.3 is 0 Å². The van der Waals surface area contributed by atoms with Crippen molar-refractivity contribution in [3.05, 3.63) is 193 Å². The molecule has 3 heterocycles. The lowest BCUT2D eigenvalue weighted by Gasteiger charge is -2.21. The lowest BCUT2D eigenvalue weighted by molar-refractivity contribution is 0.661. The van der Waals surface area contributed by atoms with Gasteiger partial charge in [-0.2, -0.15) is 0 Å². The van der Waals surface area contributed by atoms with Gasteiger partial charge in [0.1, 0.15) is 11.2 Å². The van der Waals surface area contributed by atoms with E-state index in [2.05, 4.69) is 152 Å². The van der Waals surface area contributed by atoms with E-state index < -0.39 is 0 Å². The predicted molar refractivity (Wildman–Crippen MR) is 241 cm³/mol. The summed E-state index contributed by atoms with van der Waals surface area (Å²) in [6, 6.07) is 64.1. The summed E-state index contributed by atoms with van der Waals surface area (Å²) < 4.78 is 9.32. The molecule has 12 rings (SSSR count). The summed E-state index contributed by atoms with van der Waals surface area (Å²) in [4.78, 5) is 15.4. The van der Waals surface area contributed by atoms with E-state index in [9.17, 15) is 0 Å². The second-order valence-corrected chi connectivity index (χ2v) is 16.0. The zero-order chi connectivity index (χ0) is 39.2. The average Bonchev–Trinajstić information content (AvgIpc) is 3.92. The first-order valence-electron chi connectivity index (χ1n) is 20.1. The minimum Gasteiger partial charge on any atom is -0.455 e. The van der Waals surface area contributed by atoms with Crippen molar-refractivity contribution in [3.63, 3.8) is 0 Å². The van der Waals surface area contributed by atoms with Crippen LogP contribution in [0.1, 0.15) is 25.0 Å². The Morgan fingerprint density at radius 1 is 0.424 bits per heavy atom. The number of rotatable bonds is 5. The van der Waals surface area contributed by atoms with Crippen molar-refractivity contribution in [1.29, 1.82) is 0 Å². The molecule has 0 fully saturated rings. The summed E-state index contributed by atoms with van der Waals surface area (Å²) in [5, 5.41) is 4.50. The summed E-state index contributed by atoms with van der Waals surface area (Å²) in [5.41, 5.74) is 15.0. The lowest BCUT2D eigenvalue weighted by Crippen LogP contribution is -2.14. The summed E-state index contributed by atoms with van der Waals surface area (Å²) in [7, 11) is 0. The van der Waals surface area contributed by atoms with E-state index in [1.807, 2.05) is 48.5 Å².